The van der Waals surface area contributed by atoms with Crippen LogP contribution in [0.2, 0.25) is 0 Å². The fraction of sp³-hybridized carbons (Fsp3) is 0.533. The summed E-state index contributed by atoms with van der Waals surface area (Å²) in [6.07, 6.45) is 3.25. The molecule has 0 bridgehead atoms. The maximum absolute atomic E-state index is 11.4. The van der Waals surface area contributed by atoms with Gasteiger partial charge in [-0.2, -0.15) is 0 Å². The van der Waals surface area contributed by atoms with Crippen molar-refractivity contribution in [1.29, 1.82) is 0 Å². The van der Waals surface area contributed by atoms with Crippen molar-refractivity contribution in [3.05, 3.63) is 35.4 Å². The second-order valence-electron chi connectivity index (χ2n) is 5.23. The highest BCUT2D eigenvalue weighted by Crippen LogP contribution is 2.40. The molecule has 18 heavy (non-hydrogen) atoms. The quantitative estimate of drug-likeness (QED) is 0.780. The van der Waals surface area contributed by atoms with Gasteiger partial charge in [-0.1, -0.05) is 24.3 Å². The molecule has 0 spiro atoms. The van der Waals surface area contributed by atoms with Crippen molar-refractivity contribution < 1.29 is 4.79 Å². The number of hydrogen-bond acceptors (Lipinski definition) is 2. The summed E-state index contributed by atoms with van der Waals surface area (Å²) in [5.41, 5.74) is 2.79. The lowest BCUT2D eigenvalue weighted by Crippen LogP contribution is -2.26. The number of carbonyl (C=O) groups excluding carboxylic acids is 1. The van der Waals surface area contributed by atoms with Gasteiger partial charge in [0.2, 0.25) is 5.91 Å². The normalized spacial score (nSPS) is 14.6. The van der Waals surface area contributed by atoms with Gasteiger partial charge < -0.3 is 10.2 Å². The number of rotatable bonds is 6. The monoisotopic (exact) mass is 246 g/mol. The molecule has 1 fully saturated rings. The van der Waals surface area contributed by atoms with Crippen LogP contribution in [0.3, 0.4) is 0 Å². The number of hydrogen-bond donors (Lipinski definition) is 1. The summed E-state index contributed by atoms with van der Waals surface area (Å²) in [5.74, 6) is 0.981. The standard InChI is InChI=1S/C15H22N2O/c1-17(2)15(18)8-9-16-11-12-4-3-5-14(10-12)13-6-7-13/h3-5,10,13,16H,6-9,11H2,1-2H3. The molecule has 0 aliphatic heterocycles. The molecule has 1 amide bonds. The Bertz CT molecular complexity index is 411. The highest BCUT2D eigenvalue weighted by Gasteiger charge is 2.23. The van der Waals surface area contributed by atoms with Crippen LogP contribution >= 0.6 is 0 Å². The lowest BCUT2D eigenvalue weighted by molar-refractivity contribution is -0.128. The van der Waals surface area contributed by atoms with Crippen LogP contribution in [-0.2, 0) is 11.3 Å². The Hall–Kier alpha value is -1.35. The zero-order valence-electron chi connectivity index (χ0n) is 11.3. The van der Waals surface area contributed by atoms with Crippen molar-refractivity contribution >= 4 is 5.91 Å². The van der Waals surface area contributed by atoms with E-state index in [0.717, 1.165) is 19.0 Å². The van der Waals surface area contributed by atoms with Crippen LogP contribution in [0.5, 0.6) is 0 Å². The summed E-state index contributed by atoms with van der Waals surface area (Å²) in [6, 6.07) is 8.79. The lowest BCUT2D eigenvalue weighted by Gasteiger charge is -2.10. The third-order valence-corrected chi connectivity index (χ3v) is 3.34. The average molecular weight is 246 g/mol. The van der Waals surface area contributed by atoms with Crippen molar-refractivity contribution in [3.8, 4) is 0 Å². The fourth-order valence-corrected chi connectivity index (χ4v) is 2.03. The van der Waals surface area contributed by atoms with Gasteiger partial charge in [-0.05, 0) is 29.9 Å². The van der Waals surface area contributed by atoms with Crippen LogP contribution in [-0.4, -0.2) is 31.4 Å². The molecule has 0 unspecified atom stereocenters. The minimum absolute atomic E-state index is 0.175. The smallest absolute Gasteiger partial charge is 0.223 e. The highest BCUT2D eigenvalue weighted by molar-refractivity contribution is 5.75. The maximum Gasteiger partial charge on any atom is 0.223 e. The van der Waals surface area contributed by atoms with Gasteiger partial charge in [-0.3, -0.25) is 4.79 Å². The Morgan fingerprint density at radius 3 is 2.83 bits per heavy atom. The number of benzene rings is 1. The Balaban J connectivity index is 1.73. The van der Waals surface area contributed by atoms with E-state index in [1.54, 1.807) is 19.0 Å². The first kappa shape index (κ1) is 13.1. The molecule has 1 aromatic carbocycles. The second kappa shape index (κ2) is 6.01. The third kappa shape index (κ3) is 3.84. The van der Waals surface area contributed by atoms with Crippen LogP contribution in [0.15, 0.2) is 24.3 Å². The number of carbonyl (C=O) groups is 1. The molecule has 0 aromatic heterocycles. The molecule has 0 saturated heterocycles. The van der Waals surface area contributed by atoms with Crippen molar-refractivity contribution in [2.75, 3.05) is 20.6 Å². The first-order valence-corrected chi connectivity index (χ1v) is 6.66. The molecule has 1 aromatic rings. The summed E-state index contributed by atoms with van der Waals surface area (Å²) < 4.78 is 0. The molecular formula is C15H22N2O. The number of nitrogens with one attached hydrogen (secondary N) is 1. The molecule has 3 nitrogen and oxygen atoms in total. The average Bonchev–Trinajstić information content (AvgIpc) is 3.19. The Morgan fingerprint density at radius 2 is 2.17 bits per heavy atom. The maximum atomic E-state index is 11.4. The van der Waals surface area contributed by atoms with Gasteiger partial charge in [-0.15, -0.1) is 0 Å². The van der Waals surface area contributed by atoms with Gasteiger partial charge in [0.25, 0.3) is 0 Å². The van der Waals surface area contributed by atoms with E-state index in [4.69, 9.17) is 0 Å². The first-order valence-electron chi connectivity index (χ1n) is 6.66. The topological polar surface area (TPSA) is 32.3 Å². The van der Waals surface area contributed by atoms with Crippen LogP contribution < -0.4 is 5.32 Å². The van der Waals surface area contributed by atoms with E-state index in [1.165, 1.54) is 24.0 Å². The Morgan fingerprint density at radius 1 is 1.39 bits per heavy atom. The molecule has 1 N–H and O–H groups in total. The highest BCUT2D eigenvalue weighted by atomic mass is 16.2. The van der Waals surface area contributed by atoms with Crippen molar-refractivity contribution in [2.24, 2.45) is 0 Å². The molecule has 1 aliphatic rings. The summed E-state index contributed by atoms with van der Waals surface area (Å²) in [7, 11) is 3.59. The minimum Gasteiger partial charge on any atom is -0.349 e. The molecule has 98 valence electrons. The van der Waals surface area contributed by atoms with Crippen molar-refractivity contribution in [1.82, 2.24) is 10.2 Å². The third-order valence-electron chi connectivity index (χ3n) is 3.34. The van der Waals surface area contributed by atoms with E-state index >= 15 is 0 Å². The van der Waals surface area contributed by atoms with Gasteiger partial charge in [0.1, 0.15) is 0 Å². The van der Waals surface area contributed by atoms with Crippen LogP contribution in [0.25, 0.3) is 0 Å². The van der Waals surface area contributed by atoms with Gasteiger partial charge >= 0.3 is 0 Å². The van der Waals surface area contributed by atoms with E-state index in [9.17, 15) is 4.79 Å². The summed E-state index contributed by atoms with van der Waals surface area (Å²) in [6.45, 7) is 1.59. The molecule has 3 heteroatoms. The van der Waals surface area contributed by atoms with E-state index in [2.05, 4.69) is 29.6 Å². The second-order valence-corrected chi connectivity index (χ2v) is 5.23. The molecule has 0 atom stereocenters. The van der Waals surface area contributed by atoms with Gasteiger partial charge in [-0.25, -0.2) is 0 Å². The van der Waals surface area contributed by atoms with Gasteiger partial charge in [0.05, 0.1) is 0 Å². The van der Waals surface area contributed by atoms with Crippen LogP contribution in [0.1, 0.15) is 36.3 Å². The number of nitrogens with zero attached hydrogens (tertiary/aromatic N) is 1. The van der Waals surface area contributed by atoms with Crippen LogP contribution in [0.4, 0.5) is 0 Å². The van der Waals surface area contributed by atoms with Crippen molar-refractivity contribution in [3.63, 3.8) is 0 Å². The largest absolute Gasteiger partial charge is 0.349 e. The van der Waals surface area contributed by atoms with E-state index in [-0.39, 0.29) is 5.91 Å². The summed E-state index contributed by atoms with van der Waals surface area (Å²) >= 11 is 0. The Labute approximate surface area is 109 Å². The number of amides is 1. The molecule has 0 radical (unpaired) electrons. The minimum atomic E-state index is 0.175. The molecular weight excluding hydrogens is 224 g/mol. The predicted octanol–water partition coefficient (Wildman–Crippen LogP) is 2.13. The SMILES string of the molecule is CN(C)C(=O)CCNCc1cccc(C2CC2)c1. The Kier molecular flexibility index (Phi) is 4.37. The fourth-order valence-electron chi connectivity index (χ4n) is 2.03. The zero-order chi connectivity index (χ0) is 13.0. The van der Waals surface area contributed by atoms with E-state index < -0.39 is 0 Å². The van der Waals surface area contributed by atoms with Crippen molar-refractivity contribution in [2.45, 2.75) is 31.7 Å². The molecule has 1 aliphatic carbocycles. The van der Waals surface area contributed by atoms with Gasteiger partial charge in [0.15, 0.2) is 0 Å². The van der Waals surface area contributed by atoms with E-state index in [1.807, 2.05) is 0 Å². The van der Waals surface area contributed by atoms with E-state index in [0.29, 0.717) is 6.42 Å². The zero-order valence-corrected chi connectivity index (χ0v) is 11.3. The lowest BCUT2D eigenvalue weighted by atomic mass is 10.1. The van der Waals surface area contributed by atoms with Crippen LogP contribution in [0, 0.1) is 0 Å². The summed E-state index contributed by atoms with van der Waals surface area (Å²) in [4.78, 5) is 13.0. The molecule has 1 saturated carbocycles. The summed E-state index contributed by atoms with van der Waals surface area (Å²) in [5, 5.41) is 3.33. The first-order chi connectivity index (χ1) is 8.66. The predicted molar refractivity (Wildman–Crippen MR) is 73.4 cm³/mol. The molecule has 2 rings (SSSR count). The van der Waals surface area contributed by atoms with Gasteiger partial charge in [0, 0.05) is 33.6 Å². The molecule has 0 heterocycles.